The summed E-state index contributed by atoms with van der Waals surface area (Å²) in [7, 11) is 5.39. The van der Waals surface area contributed by atoms with E-state index in [1.807, 2.05) is 0 Å². The minimum Gasteiger partial charge on any atom is -0.544 e. The number of hydrogen-bond donors (Lipinski definition) is 0. The lowest BCUT2D eigenvalue weighted by Gasteiger charge is -2.34. The van der Waals surface area contributed by atoms with Gasteiger partial charge in [0.05, 0.1) is 40.3 Å². The zero-order valence-electron chi connectivity index (χ0n) is 34.7. The van der Waals surface area contributed by atoms with Gasteiger partial charge in [-0.3, -0.25) is 9.59 Å². The summed E-state index contributed by atoms with van der Waals surface area (Å²) in [5.74, 6) is -1.79. The number of carboxylic acids is 1. The number of carbonyl (C=O) groups excluding carboxylic acids is 3. The Morgan fingerprint density at radius 2 is 1.06 bits per heavy atom. The molecule has 0 saturated heterocycles. The number of ether oxygens (including phenoxy) is 3. The van der Waals surface area contributed by atoms with E-state index in [-0.39, 0.29) is 49.1 Å². The summed E-state index contributed by atoms with van der Waals surface area (Å²) in [5, 5.41) is 11.6. The molecule has 0 aliphatic rings. The topological polar surface area (TPSA) is 102 Å². The molecule has 306 valence electrons. The lowest BCUT2D eigenvalue weighted by molar-refractivity contribution is -0.889. The molecule has 2 unspecified atom stereocenters. The molecule has 0 aliphatic carbocycles. The second kappa shape index (κ2) is 36.3. The molecular formula is C45H79NO7. The van der Waals surface area contributed by atoms with Crippen LogP contribution in [0, 0.1) is 0 Å². The molecule has 0 radical (unpaired) electrons. The molecule has 0 spiro atoms. The highest BCUT2D eigenvalue weighted by atomic mass is 16.6. The Morgan fingerprint density at radius 1 is 0.585 bits per heavy atom. The number of hydrogen-bond acceptors (Lipinski definition) is 7. The number of likely N-dealkylation sites (N-methyl/N-ethyl adjacent to an activating group) is 1. The average Bonchev–Trinajstić information content (AvgIpc) is 3.11. The highest BCUT2D eigenvalue weighted by molar-refractivity contribution is 5.70. The van der Waals surface area contributed by atoms with Crippen LogP contribution in [0.5, 0.6) is 0 Å². The highest BCUT2D eigenvalue weighted by Crippen LogP contribution is 2.14. The van der Waals surface area contributed by atoms with Crippen LogP contribution in [-0.2, 0) is 28.6 Å². The van der Waals surface area contributed by atoms with Gasteiger partial charge in [0.2, 0.25) is 0 Å². The Morgan fingerprint density at radius 3 is 1.57 bits per heavy atom. The molecule has 0 heterocycles. The zero-order valence-corrected chi connectivity index (χ0v) is 34.7. The Labute approximate surface area is 325 Å². The first kappa shape index (κ1) is 50.3. The van der Waals surface area contributed by atoms with Gasteiger partial charge < -0.3 is 28.6 Å². The Bertz CT molecular complexity index is 1010. The van der Waals surface area contributed by atoms with Crippen LogP contribution in [0.15, 0.2) is 48.6 Å². The Hall–Kier alpha value is -2.71. The standard InChI is InChI=1S/C45H79NO7/c1-6-8-10-12-14-16-18-20-22-24-26-28-30-32-34-36-44(48)53-41(39-51-38-37-42(45(49)50)46(3,4)5)40-52-43(47)35-33-31-29-27-25-23-21-19-17-15-13-11-9-7-2/h8,10,14,16,20,22,26,28,41-42H,6-7,9,11-13,15,17-19,21,23-25,27,29-40H2,1-5H3/b10-8-,16-14-,22-20-,28-26-. The molecule has 0 aromatic rings. The van der Waals surface area contributed by atoms with Gasteiger partial charge in [-0.2, -0.15) is 0 Å². The summed E-state index contributed by atoms with van der Waals surface area (Å²) < 4.78 is 17.1. The molecule has 0 saturated carbocycles. The maximum absolute atomic E-state index is 12.7. The van der Waals surface area contributed by atoms with E-state index in [0.29, 0.717) is 12.8 Å². The number of nitrogens with zero attached hydrogens (tertiary/aromatic N) is 1. The quantitative estimate of drug-likeness (QED) is 0.0270. The molecule has 0 bridgehead atoms. The Kier molecular flexibility index (Phi) is 34.4. The van der Waals surface area contributed by atoms with E-state index in [0.717, 1.165) is 57.8 Å². The number of rotatable bonds is 37. The predicted octanol–water partition coefficient (Wildman–Crippen LogP) is 9.91. The van der Waals surface area contributed by atoms with E-state index < -0.39 is 18.1 Å². The van der Waals surface area contributed by atoms with Gasteiger partial charge in [0, 0.05) is 19.3 Å². The molecule has 0 rings (SSSR count). The normalized spacial score (nSPS) is 13.5. The third-order valence-electron chi connectivity index (χ3n) is 9.23. The smallest absolute Gasteiger partial charge is 0.306 e. The number of allylic oxidation sites excluding steroid dienone is 8. The molecule has 0 amide bonds. The molecule has 2 atom stereocenters. The van der Waals surface area contributed by atoms with Crippen molar-refractivity contribution in [3.63, 3.8) is 0 Å². The van der Waals surface area contributed by atoms with Crippen LogP contribution in [0.2, 0.25) is 0 Å². The first-order valence-electron chi connectivity index (χ1n) is 21.2. The lowest BCUT2D eigenvalue weighted by Crippen LogP contribution is -2.55. The van der Waals surface area contributed by atoms with Crippen molar-refractivity contribution in [3.8, 4) is 0 Å². The zero-order chi connectivity index (χ0) is 39.3. The largest absolute Gasteiger partial charge is 0.544 e. The van der Waals surface area contributed by atoms with Gasteiger partial charge in [0.25, 0.3) is 0 Å². The van der Waals surface area contributed by atoms with E-state index in [1.165, 1.54) is 70.6 Å². The van der Waals surface area contributed by atoms with E-state index in [1.54, 1.807) is 21.1 Å². The molecule has 53 heavy (non-hydrogen) atoms. The van der Waals surface area contributed by atoms with Crippen LogP contribution in [0.3, 0.4) is 0 Å². The summed E-state index contributed by atoms with van der Waals surface area (Å²) in [6, 6.07) is -0.732. The van der Waals surface area contributed by atoms with Crippen LogP contribution < -0.4 is 5.11 Å². The van der Waals surface area contributed by atoms with E-state index in [2.05, 4.69) is 62.5 Å². The molecule has 0 aromatic carbocycles. The van der Waals surface area contributed by atoms with Crippen LogP contribution in [-0.4, -0.2) is 75.5 Å². The number of unbranched alkanes of at least 4 members (excludes halogenated alkanes) is 15. The molecule has 0 aromatic heterocycles. The lowest BCUT2D eigenvalue weighted by atomic mass is 10.0. The maximum Gasteiger partial charge on any atom is 0.306 e. The van der Waals surface area contributed by atoms with Crippen LogP contribution in [0.25, 0.3) is 0 Å². The summed E-state index contributed by atoms with van der Waals surface area (Å²) in [4.78, 5) is 36.8. The minimum atomic E-state index is -1.13. The first-order valence-corrected chi connectivity index (χ1v) is 21.2. The van der Waals surface area contributed by atoms with Gasteiger partial charge in [0.1, 0.15) is 12.6 Å². The van der Waals surface area contributed by atoms with Crippen molar-refractivity contribution in [3.05, 3.63) is 48.6 Å². The molecule has 8 nitrogen and oxygen atoms in total. The minimum absolute atomic E-state index is 0.0245. The molecular weight excluding hydrogens is 666 g/mol. The molecule has 0 N–H and O–H groups in total. The summed E-state index contributed by atoms with van der Waals surface area (Å²) in [5.41, 5.74) is 0. The fourth-order valence-corrected chi connectivity index (χ4v) is 5.94. The number of carboxylic acid groups (broad SMARTS) is 1. The monoisotopic (exact) mass is 746 g/mol. The summed E-state index contributed by atoms with van der Waals surface area (Å²) in [6.45, 7) is 4.50. The number of carbonyl (C=O) groups is 3. The van der Waals surface area contributed by atoms with E-state index in [4.69, 9.17) is 14.2 Å². The van der Waals surface area contributed by atoms with Crippen LogP contribution >= 0.6 is 0 Å². The van der Waals surface area contributed by atoms with Crippen molar-refractivity contribution in [1.82, 2.24) is 0 Å². The van der Waals surface area contributed by atoms with Gasteiger partial charge in [-0.15, -0.1) is 0 Å². The molecule has 0 aliphatic heterocycles. The summed E-state index contributed by atoms with van der Waals surface area (Å²) >= 11 is 0. The summed E-state index contributed by atoms with van der Waals surface area (Å²) in [6.07, 6.45) is 41.3. The highest BCUT2D eigenvalue weighted by Gasteiger charge is 2.25. The number of aliphatic carboxylic acids is 1. The molecule has 0 fully saturated rings. The van der Waals surface area contributed by atoms with Crippen molar-refractivity contribution >= 4 is 17.9 Å². The Balaban J connectivity index is 4.44. The van der Waals surface area contributed by atoms with Gasteiger partial charge in [-0.1, -0.05) is 146 Å². The SMILES string of the molecule is CC/C=C\C/C=C\C/C=C\C/C=C\CCCCC(=O)OC(COCCC(C(=O)[O-])[N+](C)(C)C)COC(=O)CCCCCCCCCCCCCCCC. The van der Waals surface area contributed by atoms with Crippen LogP contribution in [0.4, 0.5) is 0 Å². The third kappa shape index (κ3) is 34.8. The fourth-order valence-electron chi connectivity index (χ4n) is 5.94. The second-order valence-corrected chi connectivity index (χ2v) is 15.2. The van der Waals surface area contributed by atoms with Gasteiger partial charge in [0.15, 0.2) is 6.10 Å². The first-order chi connectivity index (χ1) is 25.6. The van der Waals surface area contributed by atoms with Gasteiger partial charge in [-0.05, 0) is 51.4 Å². The van der Waals surface area contributed by atoms with Crippen molar-refractivity contribution < 1.29 is 38.2 Å². The van der Waals surface area contributed by atoms with Crippen molar-refractivity contribution in [2.45, 2.75) is 180 Å². The molecule has 8 heteroatoms. The van der Waals surface area contributed by atoms with E-state index >= 15 is 0 Å². The predicted molar refractivity (Wildman–Crippen MR) is 217 cm³/mol. The van der Waals surface area contributed by atoms with Gasteiger partial charge >= 0.3 is 11.9 Å². The van der Waals surface area contributed by atoms with Crippen LogP contribution in [0.1, 0.15) is 168 Å². The van der Waals surface area contributed by atoms with E-state index in [9.17, 15) is 19.5 Å². The van der Waals surface area contributed by atoms with Crippen molar-refractivity contribution in [2.24, 2.45) is 0 Å². The number of esters is 2. The maximum atomic E-state index is 12.7. The fraction of sp³-hybridized carbons (Fsp3) is 0.756. The van der Waals surface area contributed by atoms with Crippen molar-refractivity contribution in [2.75, 3.05) is 41.0 Å². The number of quaternary nitrogens is 1. The second-order valence-electron chi connectivity index (χ2n) is 15.2. The van der Waals surface area contributed by atoms with Crippen molar-refractivity contribution in [1.29, 1.82) is 0 Å². The third-order valence-corrected chi connectivity index (χ3v) is 9.23. The average molecular weight is 746 g/mol. The van der Waals surface area contributed by atoms with Gasteiger partial charge in [-0.25, -0.2) is 0 Å².